The van der Waals surface area contributed by atoms with Crippen LogP contribution >= 0.6 is 0 Å². The fourth-order valence-electron chi connectivity index (χ4n) is 2.63. The lowest BCUT2D eigenvalue weighted by Crippen LogP contribution is -2.18. The molecule has 4 nitrogen and oxygen atoms in total. The Hall–Kier alpha value is -2.66. The molecule has 0 aliphatic rings. The predicted molar refractivity (Wildman–Crippen MR) is 91.7 cm³/mol. The summed E-state index contributed by atoms with van der Waals surface area (Å²) in [5.41, 5.74) is 2.81. The van der Waals surface area contributed by atoms with Crippen LogP contribution < -0.4 is 4.74 Å². The van der Waals surface area contributed by atoms with Crippen molar-refractivity contribution in [2.75, 3.05) is 14.2 Å². The Bertz CT molecular complexity index is 785. The van der Waals surface area contributed by atoms with E-state index in [0.717, 1.165) is 17.8 Å². The van der Waals surface area contributed by atoms with Crippen LogP contribution in [-0.2, 0) is 13.1 Å². The molecule has 0 radical (unpaired) electrons. The van der Waals surface area contributed by atoms with Crippen LogP contribution in [0.2, 0.25) is 0 Å². The summed E-state index contributed by atoms with van der Waals surface area (Å²) in [7, 11) is 3.56. The lowest BCUT2D eigenvalue weighted by atomic mass is 10.1. The van der Waals surface area contributed by atoms with Gasteiger partial charge in [-0.3, -0.25) is 4.90 Å². The summed E-state index contributed by atoms with van der Waals surface area (Å²) in [4.78, 5) is 2.07. The largest absolute Gasteiger partial charge is 0.497 e. The van der Waals surface area contributed by atoms with Gasteiger partial charge in [-0.25, -0.2) is 9.07 Å². The highest BCUT2D eigenvalue weighted by molar-refractivity contribution is 5.34. The third-order valence-corrected chi connectivity index (χ3v) is 3.85. The lowest BCUT2D eigenvalue weighted by molar-refractivity contribution is 0.312. The van der Waals surface area contributed by atoms with Crippen molar-refractivity contribution < 1.29 is 9.13 Å². The van der Waals surface area contributed by atoms with Crippen LogP contribution in [0, 0.1) is 5.82 Å². The van der Waals surface area contributed by atoms with Crippen molar-refractivity contribution >= 4 is 0 Å². The van der Waals surface area contributed by atoms with E-state index in [0.29, 0.717) is 17.9 Å². The van der Waals surface area contributed by atoms with E-state index < -0.39 is 0 Å². The molecule has 0 unspecified atom stereocenters. The van der Waals surface area contributed by atoms with Gasteiger partial charge < -0.3 is 4.74 Å². The van der Waals surface area contributed by atoms with E-state index in [1.165, 1.54) is 6.07 Å². The van der Waals surface area contributed by atoms with Crippen molar-refractivity contribution in [1.82, 2.24) is 14.7 Å². The van der Waals surface area contributed by atoms with E-state index >= 15 is 0 Å². The van der Waals surface area contributed by atoms with Gasteiger partial charge in [0.2, 0.25) is 0 Å². The summed E-state index contributed by atoms with van der Waals surface area (Å²) < 4.78 is 20.9. The molecule has 124 valence electrons. The first-order chi connectivity index (χ1) is 11.7. The molecule has 5 heteroatoms. The molecule has 0 atom stereocenters. The zero-order valence-corrected chi connectivity index (χ0v) is 13.8. The fraction of sp³-hybridized carbons (Fsp3) is 0.211. The van der Waals surface area contributed by atoms with Gasteiger partial charge in [-0.15, -0.1) is 0 Å². The average Bonchev–Trinajstić information content (AvgIpc) is 3.12. The smallest absolute Gasteiger partial charge is 0.127 e. The van der Waals surface area contributed by atoms with Crippen LogP contribution in [0.15, 0.2) is 60.9 Å². The van der Waals surface area contributed by atoms with Crippen molar-refractivity contribution in [2.45, 2.75) is 13.1 Å². The second-order valence-electron chi connectivity index (χ2n) is 5.75. The van der Waals surface area contributed by atoms with Gasteiger partial charge in [0.1, 0.15) is 11.6 Å². The first kappa shape index (κ1) is 16.2. The van der Waals surface area contributed by atoms with Gasteiger partial charge in [-0.2, -0.15) is 5.10 Å². The number of hydrogen-bond acceptors (Lipinski definition) is 3. The quantitative estimate of drug-likeness (QED) is 0.693. The molecule has 0 N–H and O–H groups in total. The van der Waals surface area contributed by atoms with Gasteiger partial charge in [0, 0.05) is 31.0 Å². The van der Waals surface area contributed by atoms with Gasteiger partial charge in [0.15, 0.2) is 0 Å². The van der Waals surface area contributed by atoms with E-state index in [-0.39, 0.29) is 5.82 Å². The zero-order chi connectivity index (χ0) is 16.9. The molecule has 0 saturated heterocycles. The number of methoxy groups -OCH3 is 1. The maximum absolute atomic E-state index is 13.9. The summed E-state index contributed by atoms with van der Waals surface area (Å²) in [6.45, 7) is 1.25. The number of hydrogen-bond donors (Lipinski definition) is 0. The van der Waals surface area contributed by atoms with E-state index in [4.69, 9.17) is 4.74 Å². The minimum atomic E-state index is -0.211. The van der Waals surface area contributed by atoms with Crippen molar-refractivity contribution in [3.05, 3.63) is 77.9 Å². The molecule has 1 heterocycles. The monoisotopic (exact) mass is 325 g/mol. The van der Waals surface area contributed by atoms with Crippen molar-refractivity contribution in [2.24, 2.45) is 0 Å². The number of ether oxygens (including phenoxy) is 1. The third-order valence-electron chi connectivity index (χ3n) is 3.85. The van der Waals surface area contributed by atoms with Crippen LogP contribution in [-0.4, -0.2) is 28.8 Å². The minimum absolute atomic E-state index is 0.211. The maximum atomic E-state index is 13.9. The van der Waals surface area contributed by atoms with Crippen LogP contribution in [0.1, 0.15) is 11.1 Å². The molecule has 1 aromatic heterocycles. The summed E-state index contributed by atoms with van der Waals surface area (Å²) in [6, 6.07) is 14.9. The summed E-state index contributed by atoms with van der Waals surface area (Å²) >= 11 is 0. The first-order valence-electron chi connectivity index (χ1n) is 7.75. The number of nitrogens with zero attached hydrogens (tertiary/aromatic N) is 3. The van der Waals surface area contributed by atoms with Gasteiger partial charge >= 0.3 is 0 Å². The molecule has 0 saturated carbocycles. The zero-order valence-electron chi connectivity index (χ0n) is 13.8. The topological polar surface area (TPSA) is 30.3 Å². The van der Waals surface area contributed by atoms with Gasteiger partial charge in [0.25, 0.3) is 0 Å². The molecule has 0 fully saturated rings. The highest BCUT2D eigenvalue weighted by Crippen LogP contribution is 2.19. The van der Waals surface area contributed by atoms with E-state index in [1.54, 1.807) is 25.4 Å². The highest BCUT2D eigenvalue weighted by Gasteiger charge is 2.08. The molecule has 0 amide bonds. The van der Waals surface area contributed by atoms with Gasteiger partial charge in [-0.1, -0.05) is 12.1 Å². The number of benzene rings is 2. The first-order valence-corrected chi connectivity index (χ1v) is 7.75. The Morgan fingerprint density at radius 1 is 1.12 bits per heavy atom. The normalized spacial score (nSPS) is 11.0. The molecule has 2 aromatic carbocycles. The number of aromatic nitrogens is 2. The predicted octanol–water partition coefficient (Wildman–Crippen LogP) is 3.65. The second kappa shape index (κ2) is 7.27. The van der Waals surface area contributed by atoms with Crippen LogP contribution in [0.4, 0.5) is 4.39 Å². The molecule has 0 aliphatic heterocycles. The van der Waals surface area contributed by atoms with Crippen LogP contribution in [0.25, 0.3) is 5.69 Å². The fourth-order valence-corrected chi connectivity index (χ4v) is 2.63. The van der Waals surface area contributed by atoms with Crippen molar-refractivity contribution in [1.29, 1.82) is 0 Å². The summed E-state index contributed by atoms with van der Waals surface area (Å²) in [5.74, 6) is 0.458. The van der Waals surface area contributed by atoms with Gasteiger partial charge in [0.05, 0.1) is 12.8 Å². The Morgan fingerprint density at radius 3 is 2.58 bits per heavy atom. The molecule has 0 aliphatic carbocycles. The maximum Gasteiger partial charge on any atom is 0.127 e. The Balaban J connectivity index is 1.65. The summed E-state index contributed by atoms with van der Waals surface area (Å²) in [6.07, 6.45) is 3.66. The third kappa shape index (κ3) is 3.81. The molecule has 0 spiro atoms. The van der Waals surface area contributed by atoms with Crippen LogP contribution in [0.5, 0.6) is 5.75 Å². The molecular formula is C19H20FN3O. The van der Waals surface area contributed by atoms with E-state index in [9.17, 15) is 4.39 Å². The van der Waals surface area contributed by atoms with Crippen molar-refractivity contribution in [3.8, 4) is 11.4 Å². The molecule has 3 aromatic rings. The Kier molecular flexibility index (Phi) is 4.91. The van der Waals surface area contributed by atoms with Crippen LogP contribution in [0.3, 0.4) is 0 Å². The SMILES string of the molecule is COc1ccc(F)c(CN(C)Cc2ccc(-n3cccn3)cc2)c1. The Morgan fingerprint density at radius 2 is 1.92 bits per heavy atom. The molecular weight excluding hydrogens is 305 g/mol. The second-order valence-corrected chi connectivity index (χ2v) is 5.75. The average molecular weight is 325 g/mol. The standard InChI is InChI=1S/C19H20FN3O/c1-22(14-16-12-18(24-2)8-9-19(16)20)13-15-4-6-17(7-5-15)23-11-3-10-21-23/h3-12H,13-14H2,1-2H3. The number of halogens is 1. The molecule has 3 rings (SSSR count). The lowest BCUT2D eigenvalue weighted by Gasteiger charge is -2.18. The number of rotatable bonds is 6. The molecule has 24 heavy (non-hydrogen) atoms. The Labute approximate surface area is 141 Å². The van der Waals surface area contributed by atoms with Gasteiger partial charge in [-0.05, 0) is 49.0 Å². The minimum Gasteiger partial charge on any atom is -0.497 e. The van der Waals surface area contributed by atoms with E-state index in [1.807, 2.05) is 36.1 Å². The molecule has 0 bridgehead atoms. The summed E-state index contributed by atoms with van der Waals surface area (Å²) in [5, 5.41) is 4.21. The highest BCUT2D eigenvalue weighted by atomic mass is 19.1. The van der Waals surface area contributed by atoms with Crippen molar-refractivity contribution in [3.63, 3.8) is 0 Å². The van der Waals surface area contributed by atoms with E-state index in [2.05, 4.69) is 22.1 Å².